The van der Waals surface area contributed by atoms with Gasteiger partial charge in [0, 0.05) is 34.7 Å². The van der Waals surface area contributed by atoms with E-state index in [9.17, 15) is 22.8 Å². The van der Waals surface area contributed by atoms with Crippen LogP contribution in [0.1, 0.15) is 55.4 Å². The first-order chi connectivity index (χ1) is 20.3. The fourth-order valence-corrected chi connectivity index (χ4v) is 6.48. The van der Waals surface area contributed by atoms with Crippen LogP contribution in [-0.2, 0) is 11.0 Å². The smallest absolute Gasteiger partial charge is 0.403 e. The van der Waals surface area contributed by atoms with Gasteiger partial charge in [-0.2, -0.15) is 5.10 Å². The quantitative estimate of drug-likeness (QED) is 0.167. The van der Waals surface area contributed by atoms with Crippen molar-refractivity contribution >= 4 is 23.5 Å². The number of nitrogens with one attached hydrogen (secondary N) is 1. The topological polar surface area (TPSA) is 93.0 Å². The van der Waals surface area contributed by atoms with Crippen LogP contribution in [0.4, 0.5) is 13.2 Å². The maximum absolute atomic E-state index is 13.6. The highest BCUT2D eigenvalue weighted by atomic mass is 31.2. The number of aliphatic hydroxyl groups excluding tert-OH is 1. The van der Waals surface area contributed by atoms with Gasteiger partial charge in [0.1, 0.15) is 24.8 Å². The van der Waals surface area contributed by atoms with E-state index in [0.29, 0.717) is 51.7 Å². The molecule has 3 aromatic carbocycles. The molecule has 7 nitrogen and oxygen atoms in total. The Balaban J connectivity index is 1.64. The van der Waals surface area contributed by atoms with Gasteiger partial charge in [0.15, 0.2) is 5.75 Å². The Morgan fingerprint density at radius 3 is 2.44 bits per heavy atom. The van der Waals surface area contributed by atoms with E-state index in [2.05, 4.69) is 9.72 Å². The van der Waals surface area contributed by atoms with Crippen molar-refractivity contribution in [2.45, 2.75) is 52.5 Å². The van der Waals surface area contributed by atoms with Gasteiger partial charge >= 0.3 is 6.36 Å². The SMILES string of the molecule is CCP(C)(=O)c1ccc(-n2nc(-c3cccc4[nH]c(C(O)Cc5ccccc5)nc34)c(C(C)C)c2C)c(OC(F)(F)F)c1. The van der Waals surface area contributed by atoms with Crippen molar-refractivity contribution in [2.24, 2.45) is 0 Å². The van der Waals surface area contributed by atoms with Crippen molar-refractivity contribution in [1.29, 1.82) is 0 Å². The molecule has 226 valence electrons. The summed E-state index contributed by atoms with van der Waals surface area (Å²) < 4.78 is 59.6. The van der Waals surface area contributed by atoms with Crippen molar-refractivity contribution in [1.82, 2.24) is 19.7 Å². The zero-order valence-corrected chi connectivity index (χ0v) is 25.5. The van der Waals surface area contributed by atoms with Gasteiger partial charge in [-0.3, -0.25) is 0 Å². The zero-order valence-electron chi connectivity index (χ0n) is 24.6. The molecule has 0 aliphatic rings. The number of alkyl halides is 3. The van der Waals surface area contributed by atoms with Gasteiger partial charge in [-0.1, -0.05) is 63.2 Å². The van der Waals surface area contributed by atoms with E-state index in [0.717, 1.165) is 11.1 Å². The molecule has 2 unspecified atom stereocenters. The summed E-state index contributed by atoms with van der Waals surface area (Å²) in [4.78, 5) is 7.97. The molecule has 43 heavy (non-hydrogen) atoms. The van der Waals surface area contributed by atoms with Crippen LogP contribution in [-0.4, -0.2) is 44.0 Å². The Kier molecular flexibility index (Phi) is 8.29. The van der Waals surface area contributed by atoms with Crippen molar-refractivity contribution < 1.29 is 27.6 Å². The summed E-state index contributed by atoms with van der Waals surface area (Å²) in [5.74, 6) is -0.106. The van der Waals surface area contributed by atoms with Crippen LogP contribution < -0.4 is 10.0 Å². The number of H-pyrrole nitrogens is 1. The average molecular weight is 611 g/mol. The third-order valence-electron chi connectivity index (χ3n) is 7.66. The number of para-hydroxylation sites is 1. The van der Waals surface area contributed by atoms with Crippen molar-refractivity contribution in [3.8, 4) is 22.7 Å². The number of aromatic nitrogens is 4. The normalized spacial score (nSPS) is 14.3. The number of fused-ring (bicyclic) bond motifs is 1. The summed E-state index contributed by atoms with van der Waals surface area (Å²) in [6.45, 7) is 9.06. The minimum absolute atomic E-state index is 0.0386. The third-order valence-corrected chi connectivity index (χ3v) is 10.2. The van der Waals surface area contributed by atoms with E-state index in [1.165, 1.54) is 16.8 Å². The summed E-state index contributed by atoms with van der Waals surface area (Å²) in [6.07, 6.45) is -5.15. The van der Waals surface area contributed by atoms with Gasteiger partial charge in [0.25, 0.3) is 0 Å². The van der Waals surface area contributed by atoms with E-state index in [-0.39, 0.29) is 11.6 Å². The highest BCUT2D eigenvalue weighted by molar-refractivity contribution is 7.70. The Morgan fingerprint density at radius 2 is 1.79 bits per heavy atom. The van der Waals surface area contributed by atoms with Crippen LogP contribution >= 0.6 is 7.14 Å². The van der Waals surface area contributed by atoms with Crippen LogP contribution in [0.2, 0.25) is 0 Å². The van der Waals surface area contributed by atoms with Gasteiger partial charge in [0.2, 0.25) is 0 Å². The zero-order chi connectivity index (χ0) is 31.1. The van der Waals surface area contributed by atoms with Crippen LogP contribution in [0.5, 0.6) is 5.75 Å². The number of aliphatic hydroxyl groups is 1. The molecule has 2 N–H and O–H groups in total. The van der Waals surface area contributed by atoms with Crippen LogP contribution in [0.15, 0.2) is 66.7 Å². The van der Waals surface area contributed by atoms with Crippen LogP contribution in [0.3, 0.4) is 0 Å². The van der Waals surface area contributed by atoms with E-state index in [1.54, 1.807) is 26.6 Å². The lowest BCUT2D eigenvalue weighted by molar-refractivity contribution is -0.274. The molecule has 2 aromatic heterocycles. The second-order valence-corrected chi connectivity index (χ2v) is 14.4. The molecule has 0 amide bonds. The molecule has 0 aliphatic carbocycles. The van der Waals surface area contributed by atoms with Gasteiger partial charge < -0.3 is 19.4 Å². The largest absolute Gasteiger partial charge is 0.573 e. The highest BCUT2D eigenvalue weighted by Crippen LogP contribution is 2.43. The number of hydrogen-bond donors (Lipinski definition) is 2. The number of halogens is 3. The second-order valence-electron chi connectivity index (χ2n) is 11.1. The molecule has 0 fully saturated rings. The third kappa shape index (κ3) is 6.26. The predicted molar refractivity (Wildman–Crippen MR) is 163 cm³/mol. The Morgan fingerprint density at radius 1 is 1.07 bits per heavy atom. The van der Waals surface area contributed by atoms with Gasteiger partial charge in [-0.05, 0) is 49.3 Å². The molecule has 11 heteroatoms. The molecular weight excluding hydrogens is 576 g/mol. The summed E-state index contributed by atoms with van der Waals surface area (Å²) in [5, 5.41) is 16.1. The fraction of sp³-hybridized carbons (Fsp3) is 0.312. The molecule has 0 spiro atoms. The van der Waals surface area contributed by atoms with E-state index >= 15 is 0 Å². The average Bonchev–Trinajstić information content (AvgIpc) is 3.54. The standard InChI is InChI=1S/C32H34F3N4O3P/c1-6-43(5,41)22-15-16-25(27(18-22)42-32(33,34)35)39-20(4)28(19(2)3)30(38-39)23-13-10-14-24-29(23)37-31(36-24)26(40)17-21-11-8-7-9-12-21/h7-16,18-19,26,40H,6,17H2,1-5H3,(H,36,37). The first-order valence-electron chi connectivity index (χ1n) is 14.1. The molecule has 5 aromatic rings. The lowest BCUT2D eigenvalue weighted by Gasteiger charge is -2.18. The molecule has 2 atom stereocenters. The molecule has 0 saturated heterocycles. The lowest BCUT2D eigenvalue weighted by atomic mass is 9.96. The molecule has 0 radical (unpaired) electrons. The van der Waals surface area contributed by atoms with Crippen LogP contribution in [0.25, 0.3) is 28.0 Å². The first kappa shape index (κ1) is 30.6. The summed E-state index contributed by atoms with van der Waals surface area (Å²) in [7, 11) is -2.87. The van der Waals surface area contributed by atoms with E-state index < -0.39 is 25.4 Å². The fourth-order valence-electron chi connectivity index (χ4n) is 5.33. The number of rotatable bonds is 9. The molecular formula is C32H34F3N4O3P. The minimum Gasteiger partial charge on any atom is -0.403 e. The molecule has 2 heterocycles. The van der Waals surface area contributed by atoms with Gasteiger partial charge in [0.05, 0.1) is 16.7 Å². The summed E-state index contributed by atoms with van der Waals surface area (Å²) in [5.41, 5.74) is 5.04. The Hall–Kier alpha value is -3.88. The van der Waals surface area contributed by atoms with E-state index in [1.807, 2.05) is 62.4 Å². The summed E-state index contributed by atoms with van der Waals surface area (Å²) in [6, 6.07) is 19.4. The van der Waals surface area contributed by atoms with Crippen molar-refractivity contribution in [2.75, 3.05) is 12.8 Å². The molecule has 5 rings (SSSR count). The first-order valence-corrected chi connectivity index (χ1v) is 16.4. The van der Waals surface area contributed by atoms with Crippen molar-refractivity contribution in [3.63, 3.8) is 0 Å². The number of nitrogens with zero attached hydrogens (tertiary/aromatic N) is 3. The number of hydrogen-bond acceptors (Lipinski definition) is 5. The minimum atomic E-state index is -4.96. The van der Waals surface area contributed by atoms with Gasteiger partial charge in [-0.25, -0.2) is 9.67 Å². The highest BCUT2D eigenvalue weighted by Gasteiger charge is 2.34. The number of ether oxygens (including phenoxy) is 1. The molecule has 0 saturated carbocycles. The maximum Gasteiger partial charge on any atom is 0.573 e. The van der Waals surface area contributed by atoms with E-state index in [4.69, 9.17) is 10.1 Å². The molecule has 0 bridgehead atoms. The number of benzene rings is 3. The van der Waals surface area contributed by atoms with Crippen LogP contribution in [0, 0.1) is 6.92 Å². The number of imidazole rings is 1. The van der Waals surface area contributed by atoms with Crippen molar-refractivity contribution in [3.05, 3.63) is 89.4 Å². The monoisotopic (exact) mass is 610 g/mol. The Labute approximate surface area is 248 Å². The summed E-state index contributed by atoms with van der Waals surface area (Å²) >= 11 is 0. The number of aromatic amines is 1. The Bertz CT molecular complexity index is 1810. The molecule has 0 aliphatic heterocycles. The lowest BCUT2D eigenvalue weighted by Crippen LogP contribution is -2.20. The predicted octanol–water partition coefficient (Wildman–Crippen LogP) is 7.66. The van der Waals surface area contributed by atoms with Gasteiger partial charge in [-0.15, -0.1) is 13.2 Å². The second kappa shape index (κ2) is 11.7. The maximum atomic E-state index is 13.6.